The normalized spacial score (nSPS) is 13.5. The molecule has 3 unspecified atom stereocenters. The molecule has 0 saturated heterocycles. The topological polar surface area (TPSA) is 225 Å². The van der Waals surface area contributed by atoms with Crippen LogP contribution in [0.4, 0.5) is 5.69 Å². The zero-order valence-electron chi connectivity index (χ0n) is 33.6. The third-order valence-electron chi connectivity index (χ3n) is 6.29. The molecule has 3 atom stereocenters. The first kappa shape index (κ1) is 58.7. The van der Waals surface area contributed by atoms with Crippen molar-refractivity contribution in [3.05, 3.63) is 65.2 Å². The minimum Gasteiger partial charge on any atom is -0.379 e. The fourth-order valence-corrected chi connectivity index (χ4v) is 3.55. The Hall–Kier alpha value is -3.60. The summed E-state index contributed by atoms with van der Waals surface area (Å²) >= 11 is 5.84. The van der Waals surface area contributed by atoms with Crippen molar-refractivity contribution >= 4 is 49.4 Å². The van der Waals surface area contributed by atoms with Gasteiger partial charge in [-0.1, -0.05) is 54.6 Å². The molecule has 2 amide bonds. The van der Waals surface area contributed by atoms with E-state index >= 15 is 0 Å². The molecule has 15 heteroatoms. The summed E-state index contributed by atoms with van der Waals surface area (Å²) < 4.78 is 14.4. The lowest BCUT2D eigenvalue weighted by Gasteiger charge is -2.15. The van der Waals surface area contributed by atoms with Crippen molar-refractivity contribution in [2.45, 2.75) is 97.9 Å². The first-order valence-electron chi connectivity index (χ1n) is 16.9. The molecule has 1 aromatic carbocycles. The number of halogens is 1. The number of nitrogens with zero attached hydrogens (tertiary/aromatic N) is 1. The zero-order chi connectivity index (χ0) is 42.3. The van der Waals surface area contributed by atoms with Crippen molar-refractivity contribution < 1.29 is 33.4 Å². The Balaban J connectivity index is -0.000000178. The highest BCUT2D eigenvalue weighted by Gasteiger charge is 2.24. The van der Waals surface area contributed by atoms with Gasteiger partial charge in [0.1, 0.15) is 25.9 Å². The highest BCUT2D eigenvalue weighted by molar-refractivity contribution is 6.31. The molecule has 1 aliphatic rings. The summed E-state index contributed by atoms with van der Waals surface area (Å²) in [6.07, 6.45) is 7.97. The molecule has 9 N–H and O–H groups in total. The molecule has 306 valence electrons. The summed E-state index contributed by atoms with van der Waals surface area (Å²) in [5.41, 5.74) is 16.9. The quantitative estimate of drug-likeness (QED) is 0.0259. The molecular formula is C38H70ClN7O7. The lowest BCUT2D eigenvalue weighted by molar-refractivity contribution is -0.112. The molecule has 1 aliphatic heterocycles. The summed E-state index contributed by atoms with van der Waals surface area (Å²) in [5.74, 6) is 4.76. The number of carbonyl (C=O) groups is 4. The number of fused-ring (bicyclic) bond motifs is 1. The number of methoxy groups -OCH3 is 2. The number of ether oxygens (including phenoxy) is 3. The predicted octanol–water partition coefficient (Wildman–Crippen LogP) is 4.58. The zero-order valence-corrected chi connectivity index (χ0v) is 34.4. The van der Waals surface area contributed by atoms with Gasteiger partial charge in [0.25, 0.3) is 0 Å². The van der Waals surface area contributed by atoms with Crippen LogP contribution in [0.15, 0.2) is 59.7 Å². The highest BCUT2D eigenvalue weighted by atomic mass is 35.5. The Bertz CT molecular complexity index is 1100. The summed E-state index contributed by atoms with van der Waals surface area (Å²) in [4.78, 5) is 41.9. The minimum absolute atomic E-state index is 0.0231. The number of allylic oxidation sites excluding steroid dienone is 2. The van der Waals surface area contributed by atoms with Gasteiger partial charge in [-0.25, -0.2) is 5.43 Å². The molecule has 0 aliphatic carbocycles. The van der Waals surface area contributed by atoms with E-state index in [1.54, 1.807) is 26.0 Å². The van der Waals surface area contributed by atoms with E-state index in [0.29, 0.717) is 49.6 Å². The maximum absolute atomic E-state index is 10.7. The number of nitrogens with two attached hydrogens (primary N) is 3. The number of benzene rings is 1. The smallest absolute Gasteiger partial charge is 0.214 e. The van der Waals surface area contributed by atoms with Gasteiger partial charge in [-0.3, -0.25) is 15.4 Å². The fourth-order valence-electron chi connectivity index (χ4n) is 3.33. The Morgan fingerprint density at radius 3 is 2.04 bits per heavy atom. The molecule has 1 heterocycles. The van der Waals surface area contributed by atoms with Gasteiger partial charge in [-0.05, 0) is 98.2 Å². The SMILES string of the molecule is C=C/C(Cl)=C(/COCC=O)C(=C)C.C=N.CC(CC=O)NC=O.CC(N)CCCN.CC1Cc2ccccc2N1C=O.COC(C)(C)C.COCNN. The van der Waals surface area contributed by atoms with Crippen LogP contribution in [0.3, 0.4) is 0 Å². The van der Waals surface area contributed by atoms with Crippen LogP contribution in [0.25, 0.3) is 0 Å². The number of hydrazine groups is 1. The largest absolute Gasteiger partial charge is 0.379 e. The van der Waals surface area contributed by atoms with Gasteiger partial charge in [-0.15, -0.1) is 0 Å². The molecule has 0 bridgehead atoms. The van der Waals surface area contributed by atoms with Crippen LogP contribution in [-0.4, -0.2) is 96.5 Å². The predicted molar refractivity (Wildman–Crippen MR) is 220 cm³/mol. The van der Waals surface area contributed by atoms with E-state index in [2.05, 4.69) is 48.3 Å². The van der Waals surface area contributed by atoms with Crippen molar-refractivity contribution in [3.63, 3.8) is 0 Å². The second kappa shape index (κ2) is 41.2. The first-order valence-corrected chi connectivity index (χ1v) is 17.3. The van der Waals surface area contributed by atoms with Gasteiger partial charge in [-0.2, -0.15) is 0 Å². The number of para-hydroxylation sites is 1. The number of aldehydes is 2. The standard InChI is InChI=1S/C10H13ClO2.C10H11NO.C5H14N2.C5H9NO2.C5H12O.C2H8N2O.CH3N/c1-4-10(11)9(8(2)3)7-13-6-5-12;1-8-6-9-4-2-3-5-10(9)11(8)7-12;1-5(7)3-2-4-6;1-5(2-3-7)6-4-8;1-5(2,3)6-4;1-5-2-4-3;1-2/h4-5H,1-2,6-7H2,3H3;2-5,7-8H,6H2,1H3;5H,2-4,6-7H2,1H3;3-5H,2H2,1H3,(H,6,8);1-4H3;4H,2-3H2,1H3;2H,1H2/b10-9+;;;;;;. The van der Waals surface area contributed by atoms with Crippen LogP contribution in [0, 0.1) is 5.41 Å². The molecule has 53 heavy (non-hydrogen) atoms. The average molecular weight is 772 g/mol. The van der Waals surface area contributed by atoms with Crippen molar-refractivity contribution in [2.75, 3.05) is 45.6 Å². The third-order valence-corrected chi connectivity index (χ3v) is 6.68. The van der Waals surface area contributed by atoms with E-state index in [-0.39, 0.29) is 18.2 Å². The number of carbonyl (C=O) groups excluding carboxylic acids is 4. The molecule has 0 radical (unpaired) electrons. The minimum atomic E-state index is -0.0231. The Kier molecular flexibility index (Phi) is 45.6. The Labute approximate surface area is 324 Å². The van der Waals surface area contributed by atoms with E-state index in [1.165, 1.54) is 11.6 Å². The highest BCUT2D eigenvalue weighted by Crippen LogP contribution is 2.30. The Morgan fingerprint density at radius 2 is 1.70 bits per heavy atom. The van der Waals surface area contributed by atoms with Crippen molar-refractivity contribution in [3.8, 4) is 0 Å². The summed E-state index contributed by atoms with van der Waals surface area (Å²) in [5, 5.41) is 8.45. The van der Waals surface area contributed by atoms with Gasteiger partial charge >= 0.3 is 0 Å². The summed E-state index contributed by atoms with van der Waals surface area (Å²) in [6.45, 7) is 25.0. The van der Waals surface area contributed by atoms with Crippen LogP contribution in [0.1, 0.15) is 73.3 Å². The van der Waals surface area contributed by atoms with Crippen LogP contribution >= 0.6 is 11.6 Å². The molecule has 0 spiro atoms. The lowest BCUT2D eigenvalue weighted by atomic mass is 10.1. The number of rotatable bonds is 16. The van der Waals surface area contributed by atoms with E-state index in [1.807, 2.05) is 52.8 Å². The molecule has 0 fully saturated rings. The molecule has 0 aromatic heterocycles. The lowest BCUT2D eigenvalue weighted by Crippen LogP contribution is -2.27. The van der Waals surface area contributed by atoms with Gasteiger partial charge < -0.3 is 50.9 Å². The molecular weight excluding hydrogens is 702 g/mol. The van der Waals surface area contributed by atoms with Crippen molar-refractivity contribution in [1.29, 1.82) is 5.41 Å². The fraction of sp³-hybridized carbons (Fsp3) is 0.553. The molecule has 14 nitrogen and oxygen atoms in total. The van der Waals surface area contributed by atoms with E-state index < -0.39 is 0 Å². The van der Waals surface area contributed by atoms with Crippen LogP contribution in [0.2, 0.25) is 0 Å². The number of nitrogens with one attached hydrogen (secondary N) is 3. The van der Waals surface area contributed by atoms with Gasteiger partial charge in [0.15, 0.2) is 0 Å². The van der Waals surface area contributed by atoms with Gasteiger partial charge in [0, 0.05) is 49.5 Å². The van der Waals surface area contributed by atoms with Crippen molar-refractivity contribution in [1.82, 2.24) is 10.7 Å². The van der Waals surface area contributed by atoms with Crippen LogP contribution in [0.5, 0.6) is 0 Å². The van der Waals surface area contributed by atoms with Gasteiger partial charge in [0.2, 0.25) is 12.8 Å². The number of anilines is 1. The third kappa shape index (κ3) is 39.4. The first-order chi connectivity index (χ1) is 25.0. The summed E-state index contributed by atoms with van der Waals surface area (Å²) in [7, 11) is 3.28. The number of amides is 2. The second-order valence-electron chi connectivity index (χ2n) is 12.1. The monoisotopic (exact) mass is 772 g/mol. The maximum Gasteiger partial charge on any atom is 0.214 e. The number of hydrogen-bond acceptors (Lipinski definition) is 12. The molecule has 1 aromatic rings. The number of hydrogen-bond donors (Lipinski definition) is 6. The molecule has 0 saturated carbocycles. The van der Waals surface area contributed by atoms with E-state index in [0.717, 1.165) is 55.3 Å². The Morgan fingerprint density at radius 1 is 1.13 bits per heavy atom. The molecule has 2 rings (SSSR count). The van der Waals surface area contributed by atoms with Gasteiger partial charge in [0.05, 0.1) is 12.2 Å². The summed E-state index contributed by atoms with van der Waals surface area (Å²) in [6, 6.07) is 8.67. The van der Waals surface area contributed by atoms with Crippen LogP contribution < -0.4 is 33.0 Å². The second-order valence-corrected chi connectivity index (χ2v) is 12.5. The van der Waals surface area contributed by atoms with Crippen molar-refractivity contribution in [2.24, 2.45) is 17.3 Å². The van der Waals surface area contributed by atoms with Crippen LogP contribution in [-0.2, 0) is 39.8 Å². The average Bonchev–Trinajstić information content (AvgIpc) is 3.46. The van der Waals surface area contributed by atoms with E-state index in [4.69, 9.17) is 43.8 Å². The van der Waals surface area contributed by atoms with E-state index in [9.17, 15) is 19.2 Å². The maximum atomic E-state index is 10.7.